The molecular formula is C12H13N2O2S. The molecule has 1 aromatic carbocycles. The molecule has 0 aromatic heterocycles. The number of fused-ring (bicyclic) bond motifs is 1. The van der Waals surface area contributed by atoms with Gasteiger partial charge in [-0.05, 0) is 26.0 Å². The van der Waals surface area contributed by atoms with Crippen LogP contribution in [-0.4, -0.2) is 28.5 Å². The van der Waals surface area contributed by atoms with E-state index >= 15 is 0 Å². The van der Waals surface area contributed by atoms with Crippen molar-refractivity contribution in [1.82, 2.24) is 5.06 Å². The third kappa shape index (κ3) is 1.62. The molecule has 17 heavy (non-hydrogen) atoms. The van der Waals surface area contributed by atoms with Crippen molar-refractivity contribution in [2.75, 3.05) is 6.61 Å². The molecule has 1 spiro atoms. The van der Waals surface area contributed by atoms with E-state index in [1.165, 1.54) is 11.8 Å². The van der Waals surface area contributed by atoms with Gasteiger partial charge in [0.2, 0.25) is 5.06 Å². The highest BCUT2D eigenvalue weighted by atomic mass is 32.2. The fourth-order valence-electron chi connectivity index (χ4n) is 1.96. The number of para-hydroxylation sites is 1. The molecule has 1 atom stereocenters. The number of benzene rings is 1. The molecule has 5 heteroatoms. The first-order valence-electron chi connectivity index (χ1n) is 5.48. The van der Waals surface area contributed by atoms with Gasteiger partial charge in [0.1, 0.15) is 0 Å². The van der Waals surface area contributed by atoms with Gasteiger partial charge in [0.15, 0.2) is 0 Å². The molecule has 0 aliphatic carbocycles. The number of hydroxylamine groups is 2. The minimum absolute atomic E-state index is 0.414. The van der Waals surface area contributed by atoms with E-state index in [-0.39, 0.29) is 0 Å². The molecule has 2 aliphatic rings. The Balaban J connectivity index is 2.00. The summed E-state index contributed by atoms with van der Waals surface area (Å²) in [6.45, 7) is 4.17. The number of nitrogens with zero attached hydrogens (tertiary/aromatic N) is 2. The van der Waals surface area contributed by atoms with Crippen LogP contribution in [0.3, 0.4) is 0 Å². The number of thioether (sulfide) groups is 1. The molecule has 1 radical (unpaired) electrons. The molecule has 2 heterocycles. The smallest absolute Gasteiger partial charge is 0.236 e. The van der Waals surface area contributed by atoms with Crippen molar-refractivity contribution in [2.45, 2.75) is 29.3 Å². The van der Waals surface area contributed by atoms with Crippen LogP contribution in [-0.2, 0) is 9.94 Å². The summed E-state index contributed by atoms with van der Waals surface area (Å²) in [7, 11) is 0. The van der Waals surface area contributed by atoms with Crippen LogP contribution in [0.25, 0.3) is 0 Å². The predicted octanol–water partition coefficient (Wildman–Crippen LogP) is 2.60. The van der Waals surface area contributed by atoms with Crippen LogP contribution in [0, 0.1) is 0 Å². The Bertz CT molecular complexity index is 489. The van der Waals surface area contributed by atoms with Gasteiger partial charge in [-0.1, -0.05) is 29.0 Å². The van der Waals surface area contributed by atoms with Crippen molar-refractivity contribution < 1.29 is 9.94 Å². The Morgan fingerprint density at radius 2 is 2.18 bits per heavy atom. The zero-order chi connectivity index (χ0) is 12.1. The molecule has 0 N–H and O–H groups in total. The second-order valence-electron chi connectivity index (χ2n) is 4.85. The Morgan fingerprint density at radius 1 is 1.41 bits per heavy atom. The highest BCUT2D eigenvalue weighted by Crippen LogP contribution is 2.48. The average Bonchev–Trinajstić information content (AvgIpc) is 2.55. The Morgan fingerprint density at radius 3 is 2.88 bits per heavy atom. The topological polar surface area (TPSA) is 44.7 Å². The summed E-state index contributed by atoms with van der Waals surface area (Å²) in [6, 6.07) is 7.76. The first-order valence-corrected chi connectivity index (χ1v) is 6.30. The molecule has 0 saturated carbocycles. The van der Waals surface area contributed by atoms with E-state index in [1.807, 2.05) is 38.1 Å². The summed E-state index contributed by atoms with van der Waals surface area (Å²) in [5.41, 5.74) is 0.385. The molecule has 0 unspecified atom stereocenters. The van der Waals surface area contributed by atoms with E-state index in [4.69, 9.17) is 4.74 Å². The Labute approximate surface area is 104 Å². The van der Waals surface area contributed by atoms with Gasteiger partial charge in [-0.15, -0.1) is 5.21 Å². The third-order valence-corrected chi connectivity index (χ3v) is 4.20. The maximum atomic E-state index is 12.3. The van der Waals surface area contributed by atoms with Crippen LogP contribution in [0.1, 0.15) is 13.8 Å². The second-order valence-corrected chi connectivity index (χ2v) is 6.08. The summed E-state index contributed by atoms with van der Waals surface area (Å²) in [5, 5.41) is 12.3. The average molecular weight is 249 g/mol. The van der Waals surface area contributed by atoms with Crippen LogP contribution >= 0.6 is 11.8 Å². The van der Waals surface area contributed by atoms with Crippen LogP contribution in [0.15, 0.2) is 34.2 Å². The van der Waals surface area contributed by atoms with Gasteiger partial charge >= 0.3 is 0 Å². The van der Waals surface area contributed by atoms with Crippen LogP contribution < -0.4 is 0 Å². The monoisotopic (exact) mass is 249 g/mol. The van der Waals surface area contributed by atoms with Crippen molar-refractivity contribution >= 4 is 23.7 Å². The molecule has 3 rings (SSSR count). The normalized spacial score (nSPS) is 30.8. The zero-order valence-corrected chi connectivity index (χ0v) is 10.5. The summed E-state index contributed by atoms with van der Waals surface area (Å²) >= 11 is 1.42. The van der Waals surface area contributed by atoms with Crippen molar-refractivity contribution in [3.05, 3.63) is 24.3 Å². The number of ether oxygens (including phenoxy) is 1. The lowest BCUT2D eigenvalue weighted by Crippen LogP contribution is -2.48. The lowest BCUT2D eigenvalue weighted by molar-refractivity contribution is -0.232. The van der Waals surface area contributed by atoms with Gasteiger partial charge in [0.25, 0.3) is 0 Å². The Hall–Kier alpha value is -0.880. The van der Waals surface area contributed by atoms with E-state index in [9.17, 15) is 5.21 Å². The number of aliphatic imine (C=N–C) groups is 1. The summed E-state index contributed by atoms with van der Waals surface area (Å²) in [4.78, 5) is 5.31. The SMILES string of the molecule is CC1(C)CO[C@]2(C=Nc3ccccc3S2)N1[O]. The first kappa shape index (κ1) is 11.2. The highest BCUT2D eigenvalue weighted by Gasteiger charge is 2.54. The fraction of sp³-hybridized carbons (Fsp3) is 0.417. The minimum Gasteiger partial charge on any atom is -0.342 e. The van der Waals surface area contributed by atoms with Gasteiger partial charge in [-0.2, -0.15) is 0 Å². The van der Waals surface area contributed by atoms with Gasteiger partial charge in [0.05, 0.1) is 24.0 Å². The van der Waals surface area contributed by atoms with Gasteiger partial charge in [0, 0.05) is 4.90 Å². The van der Waals surface area contributed by atoms with E-state index in [0.717, 1.165) is 15.6 Å². The molecule has 1 aromatic rings. The van der Waals surface area contributed by atoms with Crippen molar-refractivity contribution in [3.8, 4) is 0 Å². The largest absolute Gasteiger partial charge is 0.342 e. The van der Waals surface area contributed by atoms with Gasteiger partial charge in [-0.25, -0.2) is 0 Å². The predicted molar refractivity (Wildman–Crippen MR) is 65.7 cm³/mol. The maximum Gasteiger partial charge on any atom is 0.236 e. The molecule has 0 bridgehead atoms. The van der Waals surface area contributed by atoms with Crippen LogP contribution in [0.4, 0.5) is 5.69 Å². The van der Waals surface area contributed by atoms with E-state index < -0.39 is 10.6 Å². The van der Waals surface area contributed by atoms with E-state index in [2.05, 4.69) is 4.99 Å². The van der Waals surface area contributed by atoms with Crippen molar-refractivity contribution in [3.63, 3.8) is 0 Å². The molecular weight excluding hydrogens is 236 g/mol. The number of rotatable bonds is 0. The zero-order valence-electron chi connectivity index (χ0n) is 9.71. The van der Waals surface area contributed by atoms with Crippen molar-refractivity contribution in [1.29, 1.82) is 0 Å². The molecule has 2 aliphatic heterocycles. The second kappa shape index (κ2) is 3.55. The summed E-state index contributed by atoms with van der Waals surface area (Å²) in [5.74, 6) is 0. The van der Waals surface area contributed by atoms with Gasteiger partial charge in [-0.3, -0.25) is 4.99 Å². The lowest BCUT2D eigenvalue weighted by Gasteiger charge is -2.33. The molecule has 89 valence electrons. The summed E-state index contributed by atoms with van der Waals surface area (Å²) < 4.78 is 5.69. The highest BCUT2D eigenvalue weighted by molar-refractivity contribution is 8.01. The van der Waals surface area contributed by atoms with Gasteiger partial charge < -0.3 is 4.74 Å². The molecule has 1 fully saturated rings. The van der Waals surface area contributed by atoms with Crippen molar-refractivity contribution in [2.24, 2.45) is 4.99 Å². The van der Waals surface area contributed by atoms with Crippen LogP contribution in [0.5, 0.6) is 0 Å². The molecule has 0 amide bonds. The third-order valence-electron chi connectivity index (χ3n) is 2.95. The lowest BCUT2D eigenvalue weighted by atomic mass is 10.1. The molecule has 1 saturated heterocycles. The van der Waals surface area contributed by atoms with E-state index in [0.29, 0.717) is 6.61 Å². The first-order chi connectivity index (χ1) is 8.04. The van der Waals surface area contributed by atoms with Crippen LogP contribution in [0.2, 0.25) is 0 Å². The number of hydrogen-bond acceptors (Lipinski definition) is 4. The van der Waals surface area contributed by atoms with E-state index in [1.54, 1.807) is 6.21 Å². The maximum absolute atomic E-state index is 12.3. The minimum atomic E-state index is -0.988. The quantitative estimate of drug-likeness (QED) is 0.710. The summed E-state index contributed by atoms with van der Waals surface area (Å²) in [6.07, 6.45) is 1.61. The number of hydrogen-bond donors (Lipinski definition) is 0. The fourth-order valence-corrected chi connectivity index (χ4v) is 3.21. The standard InChI is InChI=1S/C12H13N2O2S/c1-11(2)8-16-12(14(11)15)7-13-9-5-3-4-6-10(9)17-12/h3-7H,8H2,1-2H3/t12-/m0/s1. The Kier molecular flexibility index (Phi) is 2.35. The molecule has 4 nitrogen and oxygen atoms in total.